The Morgan fingerprint density at radius 1 is 1.19 bits per heavy atom. The normalized spacial score (nSPS) is 13.0. The van der Waals surface area contributed by atoms with E-state index in [-0.39, 0.29) is 11.9 Å². The second-order valence-electron chi connectivity index (χ2n) is 4.71. The zero-order chi connectivity index (χ0) is 15.5. The fourth-order valence-electron chi connectivity index (χ4n) is 1.98. The van der Waals surface area contributed by atoms with Crippen LogP contribution in [0.1, 0.15) is 29.7 Å². The van der Waals surface area contributed by atoms with Gasteiger partial charge in [-0.1, -0.05) is 24.3 Å². The van der Waals surface area contributed by atoms with Crippen LogP contribution >= 0.6 is 0 Å². The number of pyridine rings is 1. The number of hydrogen-bond acceptors (Lipinski definition) is 3. The summed E-state index contributed by atoms with van der Waals surface area (Å²) in [7, 11) is 0. The number of nitrogens with zero attached hydrogens (tertiary/aromatic N) is 1. The van der Waals surface area contributed by atoms with Crippen LogP contribution < -0.4 is 11.1 Å². The SMILES string of the molecule is CC(Nc1ncccc1C(F)(F)F)c1ccc(CN)cc1. The predicted molar refractivity (Wildman–Crippen MR) is 75.6 cm³/mol. The molecule has 0 saturated heterocycles. The van der Waals surface area contributed by atoms with Crippen molar-refractivity contribution < 1.29 is 13.2 Å². The molecule has 1 heterocycles. The van der Waals surface area contributed by atoms with Crippen LogP contribution in [0.4, 0.5) is 19.0 Å². The van der Waals surface area contributed by atoms with Gasteiger partial charge in [-0.15, -0.1) is 0 Å². The van der Waals surface area contributed by atoms with Gasteiger partial charge in [-0.3, -0.25) is 0 Å². The minimum absolute atomic E-state index is 0.166. The molecule has 0 aliphatic heterocycles. The number of rotatable bonds is 4. The third-order valence-corrected chi connectivity index (χ3v) is 3.18. The average Bonchev–Trinajstić information content (AvgIpc) is 2.47. The van der Waals surface area contributed by atoms with Crippen LogP contribution in [0.15, 0.2) is 42.6 Å². The van der Waals surface area contributed by atoms with E-state index in [9.17, 15) is 13.2 Å². The van der Waals surface area contributed by atoms with Gasteiger partial charge in [0, 0.05) is 18.8 Å². The molecular weight excluding hydrogens is 279 g/mol. The third-order valence-electron chi connectivity index (χ3n) is 3.18. The number of anilines is 1. The van der Waals surface area contributed by atoms with Crippen LogP contribution in [-0.2, 0) is 12.7 Å². The molecule has 112 valence electrons. The van der Waals surface area contributed by atoms with Crippen molar-refractivity contribution in [2.45, 2.75) is 25.7 Å². The lowest BCUT2D eigenvalue weighted by Gasteiger charge is -2.18. The van der Waals surface area contributed by atoms with E-state index in [1.807, 2.05) is 24.3 Å². The maximum Gasteiger partial charge on any atom is 0.419 e. The Morgan fingerprint density at radius 2 is 1.86 bits per heavy atom. The highest BCUT2D eigenvalue weighted by molar-refractivity contribution is 5.47. The molecule has 3 nitrogen and oxygen atoms in total. The zero-order valence-electron chi connectivity index (χ0n) is 11.5. The second kappa shape index (κ2) is 6.13. The highest BCUT2D eigenvalue weighted by Gasteiger charge is 2.34. The number of benzene rings is 1. The maximum atomic E-state index is 12.9. The van der Waals surface area contributed by atoms with Gasteiger partial charge in [-0.05, 0) is 30.2 Å². The van der Waals surface area contributed by atoms with E-state index in [1.54, 1.807) is 6.92 Å². The maximum absolute atomic E-state index is 12.9. The second-order valence-corrected chi connectivity index (χ2v) is 4.71. The number of alkyl halides is 3. The molecule has 0 spiro atoms. The summed E-state index contributed by atoms with van der Waals surface area (Å²) in [5, 5.41) is 2.81. The van der Waals surface area contributed by atoms with E-state index in [0.29, 0.717) is 6.54 Å². The zero-order valence-corrected chi connectivity index (χ0v) is 11.5. The van der Waals surface area contributed by atoms with Crippen molar-refractivity contribution in [1.29, 1.82) is 0 Å². The molecule has 6 heteroatoms. The van der Waals surface area contributed by atoms with Crippen molar-refractivity contribution in [3.8, 4) is 0 Å². The molecule has 1 aromatic heterocycles. The smallest absolute Gasteiger partial charge is 0.363 e. The van der Waals surface area contributed by atoms with E-state index in [1.165, 1.54) is 12.3 Å². The first-order valence-electron chi connectivity index (χ1n) is 6.49. The molecule has 0 fully saturated rings. The highest BCUT2D eigenvalue weighted by atomic mass is 19.4. The van der Waals surface area contributed by atoms with E-state index in [4.69, 9.17) is 5.73 Å². The minimum Gasteiger partial charge on any atom is -0.363 e. The summed E-state index contributed by atoms with van der Waals surface area (Å²) < 4.78 is 38.7. The summed E-state index contributed by atoms with van der Waals surface area (Å²) >= 11 is 0. The van der Waals surface area contributed by atoms with Crippen LogP contribution in [-0.4, -0.2) is 4.98 Å². The van der Waals surface area contributed by atoms with Crippen molar-refractivity contribution in [2.24, 2.45) is 5.73 Å². The Balaban J connectivity index is 2.21. The molecule has 0 bridgehead atoms. The first kappa shape index (κ1) is 15.3. The van der Waals surface area contributed by atoms with Gasteiger partial charge in [0.1, 0.15) is 5.82 Å². The summed E-state index contributed by atoms with van der Waals surface area (Å²) in [4.78, 5) is 3.79. The number of hydrogen-bond donors (Lipinski definition) is 2. The molecule has 1 aromatic carbocycles. The Morgan fingerprint density at radius 3 is 2.43 bits per heavy atom. The molecule has 0 aliphatic rings. The summed E-state index contributed by atoms with van der Waals surface area (Å²) in [5.41, 5.74) is 6.59. The van der Waals surface area contributed by atoms with Gasteiger partial charge >= 0.3 is 6.18 Å². The standard InChI is InChI=1S/C15H16F3N3/c1-10(12-6-4-11(9-19)5-7-12)21-14-13(15(16,17)18)3-2-8-20-14/h2-8,10H,9,19H2,1H3,(H,20,21). The van der Waals surface area contributed by atoms with Crippen LogP contribution in [0.5, 0.6) is 0 Å². The van der Waals surface area contributed by atoms with E-state index in [2.05, 4.69) is 10.3 Å². The van der Waals surface area contributed by atoms with Crippen LogP contribution in [0, 0.1) is 0 Å². The first-order chi connectivity index (χ1) is 9.91. The average molecular weight is 295 g/mol. The van der Waals surface area contributed by atoms with E-state index >= 15 is 0 Å². The largest absolute Gasteiger partial charge is 0.419 e. The molecule has 2 rings (SSSR count). The first-order valence-corrected chi connectivity index (χ1v) is 6.49. The third kappa shape index (κ3) is 3.72. The summed E-state index contributed by atoms with van der Waals surface area (Å²) in [6.45, 7) is 2.22. The molecule has 3 N–H and O–H groups in total. The minimum atomic E-state index is -4.43. The van der Waals surface area contributed by atoms with Gasteiger partial charge in [-0.25, -0.2) is 4.98 Å². The Bertz CT molecular complexity index is 594. The topological polar surface area (TPSA) is 50.9 Å². The Hall–Kier alpha value is -2.08. The van der Waals surface area contributed by atoms with Crippen LogP contribution in [0.3, 0.4) is 0 Å². The summed E-state index contributed by atoms with van der Waals surface area (Å²) in [6, 6.07) is 9.39. The van der Waals surface area contributed by atoms with Crippen molar-refractivity contribution in [2.75, 3.05) is 5.32 Å². The van der Waals surface area contributed by atoms with E-state index in [0.717, 1.165) is 17.2 Å². The van der Waals surface area contributed by atoms with Crippen LogP contribution in [0.25, 0.3) is 0 Å². The fourth-order valence-corrected chi connectivity index (χ4v) is 1.98. The van der Waals surface area contributed by atoms with Gasteiger partial charge in [0.2, 0.25) is 0 Å². The van der Waals surface area contributed by atoms with Gasteiger partial charge in [0.15, 0.2) is 0 Å². The lowest BCUT2D eigenvalue weighted by Crippen LogP contribution is -2.14. The number of nitrogens with one attached hydrogen (secondary N) is 1. The number of aromatic nitrogens is 1. The summed E-state index contributed by atoms with van der Waals surface area (Å²) in [6.07, 6.45) is -3.10. The van der Waals surface area contributed by atoms with Crippen molar-refractivity contribution in [1.82, 2.24) is 4.98 Å². The molecule has 1 unspecified atom stereocenters. The van der Waals surface area contributed by atoms with Gasteiger partial charge in [0.05, 0.1) is 5.56 Å². The highest BCUT2D eigenvalue weighted by Crippen LogP contribution is 2.34. The van der Waals surface area contributed by atoms with Crippen molar-refractivity contribution in [3.05, 3.63) is 59.3 Å². The molecule has 21 heavy (non-hydrogen) atoms. The van der Waals surface area contributed by atoms with Crippen molar-refractivity contribution >= 4 is 5.82 Å². The molecule has 1 atom stereocenters. The van der Waals surface area contributed by atoms with Gasteiger partial charge in [-0.2, -0.15) is 13.2 Å². The summed E-state index contributed by atoms with van der Waals surface area (Å²) in [5.74, 6) is -0.166. The lowest BCUT2D eigenvalue weighted by molar-refractivity contribution is -0.137. The van der Waals surface area contributed by atoms with Gasteiger partial charge in [0.25, 0.3) is 0 Å². The molecule has 0 saturated carbocycles. The Kier molecular flexibility index (Phi) is 4.47. The van der Waals surface area contributed by atoms with Crippen molar-refractivity contribution in [3.63, 3.8) is 0 Å². The molecule has 2 aromatic rings. The predicted octanol–water partition coefficient (Wildman–Crippen LogP) is 3.73. The lowest BCUT2D eigenvalue weighted by atomic mass is 10.1. The molecular formula is C15H16F3N3. The van der Waals surface area contributed by atoms with Crippen LogP contribution in [0.2, 0.25) is 0 Å². The van der Waals surface area contributed by atoms with Gasteiger partial charge < -0.3 is 11.1 Å². The monoisotopic (exact) mass is 295 g/mol. The molecule has 0 amide bonds. The Labute approximate surface area is 121 Å². The number of nitrogens with two attached hydrogens (primary N) is 1. The molecule has 0 aliphatic carbocycles. The van der Waals surface area contributed by atoms with E-state index < -0.39 is 11.7 Å². The quantitative estimate of drug-likeness (QED) is 0.903. The number of halogens is 3. The molecule has 0 radical (unpaired) electrons. The fraction of sp³-hybridized carbons (Fsp3) is 0.267.